The number of carbonyl (C=O) groups excluding carboxylic acids is 1. The average Bonchev–Trinajstić information content (AvgIpc) is 3.33. The number of benzene rings is 1. The van der Waals surface area contributed by atoms with Crippen molar-refractivity contribution in [1.82, 2.24) is 19.7 Å². The summed E-state index contributed by atoms with van der Waals surface area (Å²) < 4.78 is 3.39. The van der Waals surface area contributed by atoms with Gasteiger partial charge in [0.15, 0.2) is 0 Å². The van der Waals surface area contributed by atoms with E-state index < -0.39 is 0 Å². The maximum atomic E-state index is 12.6. The maximum absolute atomic E-state index is 12.6. The van der Waals surface area contributed by atoms with Crippen molar-refractivity contribution in [2.24, 2.45) is 7.05 Å². The first-order chi connectivity index (χ1) is 11.6. The fourth-order valence-electron chi connectivity index (χ4n) is 3.20. The zero-order valence-corrected chi connectivity index (χ0v) is 13.7. The van der Waals surface area contributed by atoms with Gasteiger partial charge in [-0.05, 0) is 25.3 Å². The summed E-state index contributed by atoms with van der Waals surface area (Å²) in [5.41, 5.74) is 1.57. The van der Waals surface area contributed by atoms with Crippen LogP contribution >= 0.6 is 0 Å². The molecule has 1 amide bonds. The number of aromatic nitrogens is 3. The van der Waals surface area contributed by atoms with E-state index in [2.05, 4.69) is 10.4 Å². The van der Waals surface area contributed by atoms with E-state index in [4.69, 9.17) is 0 Å². The Hall–Kier alpha value is -2.63. The van der Waals surface area contributed by atoms with E-state index in [-0.39, 0.29) is 11.5 Å². The van der Waals surface area contributed by atoms with Crippen molar-refractivity contribution in [2.75, 3.05) is 0 Å². The van der Waals surface area contributed by atoms with Gasteiger partial charge >= 0.3 is 0 Å². The SMILES string of the molecule is Cn1ncc2c3ccccc3n(CCCC(=O)NC3CC3)c2c1=O. The number of para-hydroxylation sites is 1. The molecule has 2 heterocycles. The number of hydrogen-bond donors (Lipinski definition) is 1. The molecule has 1 aliphatic carbocycles. The molecule has 0 radical (unpaired) electrons. The Labute approximate surface area is 139 Å². The summed E-state index contributed by atoms with van der Waals surface area (Å²) >= 11 is 0. The highest BCUT2D eigenvalue weighted by atomic mass is 16.1. The highest BCUT2D eigenvalue weighted by Gasteiger charge is 2.23. The monoisotopic (exact) mass is 324 g/mol. The summed E-state index contributed by atoms with van der Waals surface area (Å²) in [5.74, 6) is 0.104. The maximum Gasteiger partial charge on any atom is 0.291 e. The molecule has 6 heteroatoms. The van der Waals surface area contributed by atoms with E-state index in [1.165, 1.54) is 4.68 Å². The number of hydrogen-bond acceptors (Lipinski definition) is 3. The Morgan fingerprint density at radius 3 is 2.88 bits per heavy atom. The third-order valence-electron chi connectivity index (χ3n) is 4.59. The lowest BCUT2D eigenvalue weighted by Gasteiger charge is -2.08. The van der Waals surface area contributed by atoms with Crippen LogP contribution in [0.4, 0.5) is 0 Å². The van der Waals surface area contributed by atoms with Crippen LogP contribution in [-0.4, -0.2) is 26.3 Å². The predicted octanol–water partition coefficient (Wildman–Crippen LogP) is 1.95. The fourth-order valence-corrected chi connectivity index (χ4v) is 3.20. The third-order valence-corrected chi connectivity index (χ3v) is 4.59. The standard InChI is InChI=1S/C18H20N4O2/c1-21-18(24)17-14(11-19-21)13-5-2-3-6-15(13)22(17)10-4-7-16(23)20-12-8-9-12/h2-3,5-6,11-12H,4,7-10H2,1H3,(H,20,23). The minimum atomic E-state index is -0.105. The molecular formula is C18H20N4O2. The van der Waals surface area contributed by atoms with Gasteiger partial charge in [0, 0.05) is 42.3 Å². The minimum absolute atomic E-state index is 0.104. The molecule has 2 aromatic heterocycles. The van der Waals surface area contributed by atoms with Gasteiger partial charge in [-0.2, -0.15) is 5.10 Å². The lowest BCUT2D eigenvalue weighted by Crippen LogP contribution is -2.25. The molecule has 0 bridgehead atoms. The van der Waals surface area contributed by atoms with Crippen molar-refractivity contribution in [3.05, 3.63) is 40.8 Å². The first-order valence-corrected chi connectivity index (χ1v) is 8.38. The number of aryl methyl sites for hydroxylation is 2. The highest BCUT2D eigenvalue weighted by molar-refractivity contribution is 6.07. The van der Waals surface area contributed by atoms with Gasteiger partial charge in [0.1, 0.15) is 5.52 Å². The van der Waals surface area contributed by atoms with E-state index in [0.29, 0.717) is 30.9 Å². The molecule has 6 nitrogen and oxygen atoms in total. The van der Waals surface area contributed by atoms with E-state index in [1.807, 2.05) is 28.8 Å². The van der Waals surface area contributed by atoms with E-state index in [0.717, 1.165) is 29.1 Å². The lowest BCUT2D eigenvalue weighted by atomic mass is 10.2. The topological polar surface area (TPSA) is 68.9 Å². The van der Waals surface area contributed by atoms with Gasteiger partial charge in [0.25, 0.3) is 5.56 Å². The number of amides is 1. The smallest absolute Gasteiger partial charge is 0.291 e. The van der Waals surface area contributed by atoms with Crippen LogP contribution in [0.5, 0.6) is 0 Å². The van der Waals surface area contributed by atoms with Crippen molar-refractivity contribution in [3.63, 3.8) is 0 Å². The number of rotatable bonds is 5. The molecule has 0 spiro atoms. The summed E-state index contributed by atoms with van der Waals surface area (Å²) in [5, 5.41) is 9.05. The second kappa shape index (κ2) is 5.78. The van der Waals surface area contributed by atoms with E-state index in [1.54, 1.807) is 13.2 Å². The molecule has 24 heavy (non-hydrogen) atoms. The van der Waals surface area contributed by atoms with Crippen molar-refractivity contribution in [3.8, 4) is 0 Å². The Morgan fingerprint density at radius 2 is 2.08 bits per heavy atom. The van der Waals surface area contributed by atoms with Crippen LogP contribution in [0.1, 0.15) is 25.7 Å². The molecule has 1 fully saturated rings. The molecule has 1 aliphatic rings. The Bertz CT molecular complexity index is 982. The third kappa shape index (κ3) is 2.58. The van der Waals surface area contributed by atoms with Gasteiger partial charge in [-0.25, -0.2) is 4.68 Å². The van der Waals surface area contributed by atoms with Gasteiger partial charge in [-0.1, -0.05) is 18.2 Å². The molecule has 0 unspecified atom stereocenters. The number of carbonyl (C=O) groups is 1. The number of fused-ring (bicyclic) bond motifs is 3. The Morgan fingerprint density at radius 1 is 1.29 bits per heavy atom. The van der Waals surface area contributed by atoms with Gasteiger partial charge in [-0.15, -0.1) is 0 Å². The molecule has 124 valence electrons. The molecule has 1 saturated carbocycles. The van der Waals surface area contributed by atoms with E-state index >= 15 is 0 Å². The largest absolute Gasteiger partial charge is 0.353 e. The van der Waals surface area contributed by atoms with Crippen LogP contribution in [0.2, 0.25) is 0 Å². The van der Waals surface area contributed by atoms with Crippen LogP contribution in [0, 0.1) is 0 Å². The van der Waals surface area contributed by atoms with Crippen molar-refractivity contribution >= 4 is 27.7 Å². The van der Waals surface area contributed by atoms with Crippen LogP contribution in [0.3, 0.4) is 0 Å². The first-order valence-electron chi connectivity index (χ1n) is 8.38. The molecule has 0 saturated heterocycles. The lowest BCUT2D eigenvalue weighted by molar-refractivity contribution is -0.121. The van der Waals surface area contributed by atoms with Gasteiger partial charge < -0.3 is 9.88 Å². The summed E-state index contributed by atoms with van der Waals surface area (Å²) in [4.78, 5) is 24.4. The molecule has 1 aromatic carbocycles. The molecule has 0 atom stereocenters. The second-order valence-electron chi connectivity index (χ2n) is 6.45. The van der Waals surface area contributed by atoms with Crippen LogP contribution in [0.25, 0.3) is 21.8 Å². The summed E-state index contributed by atoms with van der Waals surface area (Å²) in [6, 6.07) is 8.35. The molecular weight excluding hydrogens is 304 g/mol. The molecule has 1 N–H and O–H groups in total. The highest BCUT2D eigenvalue weighted by Crippen LogP contribution is 2.26. The summed E-state index contributed by atoms with van der Waals surface area (Å²) in [6.45, 7) is 0.640. The summed E-state index contributed by atoms with van der Waals surface area (Å²) in [7, 11) is 1.66. The van der Waals surface area contributed by atoms with Crippen molar-refractivity contribution in [1.29, 1.82) is 0 Å². The zero-order chi connectivity index (χ0) is 16.7. The number of nitrogens with zero attached hydrogens (tertiary/aromatic N) is 3. The van der Waals surface area contributed by atoms with E-state index in [9.17, 15) is 9.59 Å². The second-order valence-corrected chi connectivity index (χ2v) is 6.45. The van der Waals surface area contributed by atoms with Crippen LogP contribution in [-0.2, 0) is 18.4 Å². The Balaban J connectivity index is 1.68. The molecule has 0 aliphatic heterocycles. The van der Waals surface area contributed by atoms with Crippen LogP contribution < -0.4 is 10.9 Å². The molecule has 3 aromatic rings. The average molecular weight is 324 g/mol. The Kier molecular flexibility index (Phi) is 3.59. The van der Waals surface area contributed by atoms with Crippen molar-refractivity contribution in [2.45, 2.75) is 38.3 Å². The minimum Gasteiger partial charge on any atom is -0.353 e. The predicted molar refractivity (Wildman–Crippen MR) is 92.9 cm³/mol. The quantitative estimate of drug-likeness (QED) is 0.780. The van der Waals surface area contributed by atoms with Gasteiger partial charge in [-0.3, -0.25) is 9.59 Å². The molecule has 4 rings (SSSR count). The van der Waals surface area contributed by atoms with Crippen LogP contribution in [0.15, 0.2) is 35.3 Å². The van der Waals surface area contributed by atoms with Gasteiger partial charge in [0.05, 0.1) is 6.20 Å². The fraction of sp³-hybridized carbons (Fsp3) is 0.389. The number of nitrogens with one attached hydrogen (secondary N) is 1. The normalized spacial score (nSPS) is 14.4. The first kappa shape index (κ1) is 14.9. The van der Waals surface area contributed by atoms with Crippen molar-refractivity contribution < 1.29 is 4.79 Å². The summed E-state index contributed by atoms with van der Waals surface area (Å²) in [6.07, 6.45) is 5.13. The van der Waals surface area contributed by atoms with Gasteiger partial charge in [0.2, 0.25) is 5.91 Å². The zero-order valence-electron chi connectivity index (χ0n) is 13.7.